The van der Waals surface area contributed by atoms with E-state index in [9.17, 15) is 18.0 Å². The molecule has 2 aromatic rings. The first kappa shape index (κ1) is 22.1. The average Bonchev–Trinajstić information content (AvgIpc) is 3.35. The zero-order valence-corrected chi connectivity index (χ0v) is 18.1. The molecule has 0 spiro atoms. The molecule has 11 heteroatoms. The largest absolute Gasteiger partial charge is 0.495 e. The Morgan fingerprint density at radius 3 is 2.70 bits per heavy atom. The lowest BCUT2D eigenvalue weighted by molar-refractivity contribution is -0.118. The van der Waals surface area contributed by atoms with E-state index in [1.54, 1.807) is 11.3 Å². The van der Waals surface area contributed by atoms with E-state index in [1.807, 2.05) is 17.5 Å². The molecule has 1 aromatic carbocycles. The van der Waals surface area contributed by atoms with Crippen molar-refractivity contribution in [2.75, 3.05) is 25.5 Å². The number of hydrogen-bond donors (Lipinski definition) is 4. The first-order valence-corrected chi connectivity index (χ1v) is 11.8. The highest BCUT2D eigenvalue weighted by Crippen LogP contribution is 2.29. The van der Waals surface area contributed by atoms with Crippen LogP contribution >= 0.6 is 11.3 Å². The summed E-state index contributed by atoms with van der Waals surface area (Å²) in [5.74, 6) is -0.177. The Kier molecular flexibility index (Phi) is 7.29. The first-order valence-electron chi connectivity index (χ1n) is 9.41. The highest BCUT2D eigenvalue weighted by atomic mass is 32.2. The molecule has 0 saturated heterocycles. The summed E-state index contributed by atoms with van der Waals surface area (Å²) in [6, 6.07) is 7.66. The standard InChI is InChI=1S/C19H24N4O5S2/c1-28-17-7-6-15(30(26,27)23-13-4-5-13)11-16(17)21-12-18(24)22-19(25)20-9-8-14-3-2-10-29-14/h2-3,6-7,10-11,13,21,23H,4-5,8-9,12H2,1H3,(H2,20,22,24,25). The number of carbonyl (C=O) groups is 2. The van der Waals surface area contributed by atoms with Gasteiger partial charge in [-0.2, -0.15) is 0 Å². The number of carbonyl (C=O) groups excluding carboxylic acids is 2. The Morgan fingerprint density at radius 1 is 1.23 bits per heavy atom. The Morgan fingerprint density at radius 2 is 2.03 bits per heavy atom. The zero-order valence-electron chi connectivity index (χ0n) is 16.4. The molecule has 4 N–H and O–H groups in total. The van der Waals surface area contributed by atoms with Crippen LogP contribution in [-0.2, 0) is 21.2 Å². The summed E-state index contributed by atoms with van der Waals surface area (Å²) < 4.78 is 32.6. The maximum Gasteiger partial charge on any atom is 0.321 e. The first-order chi connectivity index (χ1) is 14.4. The van der Waals surface area contributed by atoms with E-state index in [1.165, 1.54) is 25.3 Å². The van der Waals surface area contributed by atoms with E-state index in [0.29, 0.717) is 24.4 Å². The Labute approximate surface area is 179 Å². The van der Waals surface area contributed by atoms with Gasteiger partial charge in [-0.25, -0.2) is 17.9 Å². The van der Waals surface area contributed by atoms with Gasteiger partial charge in [-0.05, 0) is 48.9 Å². The van der Waals surface area contributed by atoms with Gasteiger partial charge in [0.1, 0.15) is 5.75 Å². The quantitative estimate of drug-likeness (QED) is 0.435. The summed E-state index contributed by atoms with van der Waals surface area (Å²) in [6.07, 6.45) is 2.34. The van der Waals surface area contributed by atoms with Crippen molar-refractivity contribution >= 4 is 39.0 Å². The molecule has 1 aliphatic rings. The summed E-state index contributed by atoms with van der Waals surface area (Å²) in [5.41, 5.74) is 0.337. The predicted molar refractivity (Wildman–Crippen MR) is 114 cm³/mol. The second kappa shape index (κ2) is 9.92. The SMILES string of the molecule is COc1ccc(S(=O)(=O)NC2CC2)cc1NCC(=O)NC(=O)NCCc1cccs1. The molecule has 162 valence electrons. The number of hydrogen-bond acceptors (Lipinski definition) is 7. The number of nitrogens with one attached hydrogen (secondary N) is 4. The van der Waals surface area contributed by atoms with Crippen LogP contribution in [0.4, 0.5) is 10.5 Å². The molecule has 1 aromatic heterocycles. The van der Waals surface area contributed by atoms with Gasteiger partial charge < -0.3 is 15.4 Å². The normalized spacial score (nSPS) is 13.5. The van der Waals surface area contributed by atoms with Crippen molar-refractivity contribution < 1.29 is 22.7 Å². The lowest BCUT2D eigenvalue weighted by Gasteiger charge is -2.13. The number of benzene rings is 1. The monoisotopic (exact) mass is 452 g/mol. The van der Waals surface area contributed by atoms with Crippen LogP contribution < -0.4 is 25.4 Å². The van der Waals surface area contributed by atoms with Crippen molar-refractivity contribution in [1.29, 1.82) is 0 Å². The molecule has 9 nitrogen and oxygen atoms in total. The van der Waals surface area contributed by atoms with Crippen LogP contribution in [0.25, 0.3) is 0 Å². The molecular weight excluding hydrogens is 428 g/mol. The minimum absolute atomic E-state index is 0.0161. The van der Waals surface area contributed by atoms with Crippen LogP contribution in [0.2, 0.25) is 0 Å². The van der Waals surface area contributed by atoms with Crippen LogP contribution in [-0.4, -0.2) is 46.6 Å². The van der Waals surface area contributed by atoms with E-state index < -0.39 is 22.0 Å². The maximum absolute atomic E-state index is 12.4. The molecule has 1 saturated carbocycles. The molecule has 30 heavy (non-hydrogen) atoms. The zero-order chi connectivity index (χ0) is 21.6. The lowest BCUT2D eigenvalue weighted by Crippen LogP contribution is -2.42. The van der Waals surface area contributed by atoms with Crippen LogP contribution in [0.5, 0.6) is 5.75 Å². The van der Waals surface area contributed by atoms with Crippen molar-refractivity contribution in [3.63, 3.8) is 0 Å². The van der Waals surface area contributed by atoms with Gasteiger partial charge in [0.25, 0.3) is 0 Å². The van der Waals surface area contributed by atoms with Crippen molar-refractivity contribution in [2.45, 2.75) is 30.2 Å². The third-order valence-electron chi connectivity index (χ3n) is 4.31. The average molecular weight is 453 g/mol. The second-order valence-electron chi connectivity index (χ2n) is 6.74. The van der Waals surface area contributed by atoms with Crippen LogP contribution in [0.1, 0.15) is 17.7 Å². The summed E-state index contributed by atoms with van der Waals surface area (Å²) in [5, 5.41) is 9.63. The lowest BCUT2D eigenvalue weighted by atomic mass is 10.3. The molecule has 1 fully saturated rings. The number of sulfonamides is 1. The van der Waals surface area contributed by atoms with Crippen molar-refractivity contribution in [3.8, 4) is 5.75 Å². The van der Waals surface area contributed by atoms with Gasteiger partial charge in [-0.3, -0.25) is 10.1 Å². The molecule has 3 rings (SSSR count). The smallest absolute Gasteiger partial charge is 0.321 e. The molecule has 1 heterocycles. The molecular formula is C19H24N4O5S2. The molecule has 3 amide bonds. The van der Waals surface area contributed by atoms with Crippen molar-refractivity contribution in [2.24, 2.45) is 0 Å². The van der Waals surface area contributed by atoms with Gasteiger partial charge in [0.05, 0.1) is 24.2 Å². The molecule has 0 aliphatic heterocycles. The minimum atomic E-state index is -3.64. The van der Waals surface area contributed by atoms with E-state index in [2.05, 4.69) is 20.7 Å². The molecule has 1 aliphatic carbocycles. The van der Waals surface area contributed by atoms with Gasteiger partial charge in [0.15, 0.2) is 0 Å². The van der Waals surface area contributed by atoms with Gasteiger partial charge in [0, 0.05) is 17.5 Å². The number of methoxy groups -OCH3 is 1. The van der Waals surface area contributed by atoms with Crippen molar-refractivity contribution in [1.82, 2.24) is 15.4 Å². The van der Waals surface area contributed by atoms with Crippen LogP contribution in [0.3, 0.4) is 0 Å². The number of imide groups is 1. The fourth-order valence-corrected chi connectivity index (χ4v) is 4.67. The summed E-state index contributed by atoms with van der Waals surface area (Å²) >= 11 is 1.60. The Hall–Kier alpha value is -2.63. The highest BCUT2D eigenvalue weighted by molar-refractivity contribution is 7.89. The number of thiophene rings is 1. The van der Waals surface area contributed by atoms with Gasteiger partial charge in [-0.15, -0.1) is 11.3 Å². The third kappa shape index (κ3) is 6.44. The highest BCUT2D eigenvalue weighted by Gasteiger charge is 2.28. The van der Waals surface area contributed by atoms with Crippen molar-refractivity contribution in [3.05, 3.63) is 40.6 Å². The van der Waals surface area contributed by atoms with E-state index in [4.69, 9.17) is 4.74 Å². The number of ether oxygens (including phenoxy) is 1. The topological polar surface area (TPSA) is 126 Å². The maximum atomic E-state index is 12.4. The Bertz CT molecular complexity index is 988. The third-order valence-corrected chi connectivity index (χ3v) is 6.76. The van der Waals surface area contributed by atoms with E-state index >= 15 is 0 Å². The Balaban J connectivity index is 1.51. The number of amides is 3. The fourth-order valence-electron chi connectivity index (χ4n) is 2.63. The summed E-state index contributed by atoms with van der Waals surface area (Å²) in [4.78, 5) is 25.1. The van der Waals surface area contributed by atoms with Gasteiger partial charge in [-0.1, -0.05) is 6.07 Å². The van der Waals surface area contributed by atoms with Gasteiger partial charge >= 0.3 is 6.03 Å². The van der Waals surface area contributed by atoms with E-state index in [0.717, 1.165) is 17.7 Å². The fraction of sp³-hybridized carbons (Fsp3) is 0.368. The van der Waals surface area contributed by atoms with Crippen LogP contribution in [0, 0.1) is 0 Å². The number of rotatable bonds is 10. The molecule has 0 bridgehead atoms. The molecule has 0 radical (unpaired) electrons. The minimum Gasteiger partial charge on any atom is -0.495 e. The molecule has 0 unspecified atom stereocenters. The van der Waals surface area contributed by atoms with Gasteiger partial charge in [0.2, 0.25) is 15.9 Å². The van der Waals surface area contributed by atoms with E-state index in [-0.39, 0.29) is 17.5 Å². The molecule has 0 atom stereocenters. The number of urea groups is 1. The predicted octanol–water partition coefficient (Wildman–Crippen LogP) is 1.68. The van der Waals surface area contributed by atoms with Crippen LogP contribution in [0.15, 0.2) is 40.6 Å². The summed E-state index contributed by atoms with van der Waals surface area (Å²) in [6.45, 7) is 0.184. The second-order valence-corrected chi connectivity index (χ2v) is 9.49. The summed E-state index contributed by atoms with van der Waals surface area (Å²) in [7, 11) is -2.20. The number of anilines is 1.